The monoisotopic (exact) mass is 367 g/mol. The van der Waals surface area contributed by atoms with Gasteiger partial charge in [0.2, 0.25) is 5.75 Å². The highest BCUT2D eigenvalue weighted by molar-refractivity contribution is 5.83. The van der Waals surface area contributed by atoms with E-state index in [1.807, 2.05) is 0 Å². The zero-order chi connectivity index (χ0) is 19.1. The van der Waals surface area contributed by atoms with E-state index in [9.17, 15) is 18.9 Å². The average Bonchev–Trinajstić information content (AvgIpc) is 2.62. The van der Waals surface area contributed by atoms with E-state index < -0.39 is 11.5 Å². The van der Waals surface area contributed by atoms with Crippen molar-refractivity contribution in [3.8, 4) is 17.2 Å². The lowest BCUT2D eigenvalue weighted by atomic mass is 10.2. The van der Waals surface area contributed by atoms with Gasteiger partial charge in [-0.1, -0.05) is 12.1 Å². The summed E-state index contributed by atoms with van der Waals surface area (Å²) in [6, 6.07) is 8.80. The number of ether oxygens (including phenoxy) is 3. The third-order valence-corrected chi connectivity index (χ3v) is 3.19. The molecular weight excluding hydrogens is 352 g/mol. The van der Waals surface area contributed by atoms with E-state index in [1.165, 1.54) is 50.8 Å². The van der Waals surface area contributed by atoms with Crippen molar-refractivity contribution in [2.24, 2.45) is 5.10 Å². The Bertz CT molecular complexity index is 789. The maximum absolute atomic E-state index is 12.5. The van der Waals surface area contributed by atoms with Crippen molar-refractivity contribution in [1.82, 2.24) is 0 Å². The molecular formula is C16H15F2N3O5. The van der Waals surface area contributed by atoms with Gasteiger partial charge in [0.15, 0.2) is 11.5 Å². The number of methoxy groups -OCH3 is 2. The maximum atomic E-state index is 12.5. The number of nitro benzene ring substituents is 1. The molecule has 0 aliphatic heterocycles. The van der Waals surface area contributed by atoms with Crippen LogP contribution in [0.5, 0.6) is 17.2 Å². The molecule has 10 heteroatoms. The molecule has 26 heavy (non-hydrogen) atoms. The van der Waals surface area contributed by atoms with Crippen LogP contribution in [0.2, 0.25) is 0 Å². The lowest BCUT2D eigenvalue weighted by Crippen LogP contribution is -2.06. The second kappa shape index (κ2) is 8.60. The van der Waals surface area contributed by atoms with Crippen molar-refractivity contribution in [2.75, 3.05) is 19.6 Å². The zero-order valence-electron chi connectivity index (χ0n) is 13.8. The van der Waals surface area contributed by atoms with Crippen LogP contribution in [0.4, 0.5) is 20.2 Å². The SMILES string of the molecule is COc1cc(/C=N\Nc2ccccc2[N+](=O)[O-])cc(OC)c1OC(F)F. The number of hydrazone groups is 1. The smallest absolute Gasteiger partial charge is 0.387 e. The summed E-state index contributed by atoms with van der Waals surface area (Å²) in [5.74, 6) is -0.192. The summed E-state index contributed by atoms with van der Waals surface area (Å²) in [6.07, 6.45) is 1.33. The van der Waals surface area contributed by atoms with Gasteiger partial charge in [-0.2, -0.15) is 13.9 Å². The molecule has 2 rings (SSSR count). The fourth-order valence-corrected chi connectivity index (χ4v) is 2.08. The Kier molecular flexibility index (Phi) is 6.25. The van der Waals surface area contributed by atoms with Crippen LogP contribution in [-0.4, -0.2) is 32.0 Å². The predicted octanol–water partition coefficient (Wildman–Crippen LogP) is 3.66. The molecule has 1 N–H and O–H groups in total. The highest BCUT2D eigenvalue weighted by Crippen LogP contribution is 2.39. The van der Waals surface area contributed by atoms with E-state index in [-0.39, 0.29) is 28.6 Å². The molecule has 0 aliphatic rings. The molecule has 0 amide bonds. The number of hydrogen-bond acceptors (Lipinski definition) is 7. The summed E-state index contributed by atoms with van der Waals surface area (Å²) < 4.78 is 39.5. The summed E-state index contributed by atoms with van der Waals surface area (Å²) in [4.78, 5) is 10.4. The third kappa shape index (κ3) is 4.56. The Morgan fingerprint density at radius 3 is 2.35 bits per heavy atom. The van der Waals surface area contributed by atoms with E-state index >= 15 is 0 Å². The normalized spacial score (nSPS) is 10.8. The van der Waals surface area contributed by atoms with Crippen LogP contribution in [0, 0.1) is 10.1 Å². The van der Waals surface area contributed by atoms with E-state index in [2.05, 4.69) is 15.3 Å². The molecule has 0 bridgehead atoms. The first-order valence-corrected chi connectivity index (χ1v) is 7.19. The van der Waals surface area contributed by atoms with Crippen molar-refractivity contribution in [3.05, 3.63) is 52.1 Å². The molecule has 0 aliphatic carbocycles. The molecule has 0 atom stereocenters. The van der Waals surface area contributed by atoms with E-state index in [0.717, 1.165) is 0 Å². The number of halogens is 2. The quantitative estimate of drug-likeness (QED) is 0.435. The van der Waals surface area contributed by atoms with E-state index in [1.54, 1.807) is 6.07 Å². The molecule has 0 fully saturated rings. The summed E-state index contributed by atoms with van der Waals surface area (Å²) in [5, 5.41) is 14.9. The molecule has 0 aromatic heterocycles. The van der Waals surface area contributed by atoms with Crippen molar-refractivity contribution >= 4 is 17.6 Å². The summed E-state index contributed by atoms with van der Waals surface area (Å²) in [6.45, 7) is -3.04. The van der Waals surface area contributed by atoms with E-state index in [0.29, 0.717) is 5.56 Å². The Morgan fingerprint density at radius 2 is 1.81 bits per heavy atom. The highest BCUT2D eigenvalue weighted by Gasteiger charge is 2.18. The fourth-order valence-electron chi connectivity index (χ4n) is 2.08. The largest absolute Gasteiger partial charge is 0.493 e. The highest BCUT2D eigenvalue weighted by atomic mass is 19.3. The van der Waals surface area contributed by atoms with Crippen LogP contribution in [0.15, 0.2) is 41.5 Å². The van der Waals surface area contributed by atoms with E-state index in [4.69, 9.17) is 9.47 Å². The molecule has 8 nitrogen and oxygen atoms in total. The van der Waals surface area contributed by atoms with Crippen LogP contribution in [-0.2, 0) is 0 Å². The number of nitrogens with one attached hydrogen (secondary N) is 1. The molecule has 2 aromatic carbocycles. The van der Waals surface area contributed by atoms with Gasteiger partial charge < -0.3 is 14.2 Å². The molecule has 2 aromatic rings. The Morgan fingerprint density at radius 1 is 1.19 bits per heavy atom. The molecule has 0 heterocycles. The number of hydrogen-bond donors (Lipinski definition) is 1. The Labute approximate surface area is 147 Å². The number of alkyl halides is 2. The zero-order valence-corrected chi connectivity index (χ0v) is 13.8. The van der Waals surface area contributed by atoms with Gasteiger partial charge in [0, 0.05) is 11.6 Å². The third-order valence-electron chi connectivity index (χ3n) is 3.19. The molecule has 138 valence electrons. The van der Waals surface area contributed by atoms with Gasteiger partial charge >= 0.3 is 6.61 Å². The van der Waals surface area contributed by atoms with Crippen LogP contribution in [0.3, 0.4) is 0 Å². The van der Waals surface area contributed by atoms with Gasteiger partial charge in [-0.3, -0.25) is 15.5 Å². The van der Waals surface area contributed by atoms with Gasteiger partial charge in [-0.25, -0.2) is 0 Å². The molecule has 0 spiro atoms. The second-order valence-corrected chi connectivity index (χ2v) is 4.78. The van der Waals surface area contributed by atoms with Gasteiger partial charge in [0.05, 0.1) is 25.4 Å². The second-order valence-electron chi connectivity index (χ2n) is 4.78. The van der Waals surface area contributed by atoms with Gasteiger partial charge in [-0.05, 0) is 18.2 Å². The molecule has 0 saturated heterocycles. The van der Waals surface area contributed by atoms with Crippen molar-refractivity contribution in [1.29, 1.82) is 0 Å². The first-order chi connectivity index (χ1) is 12.5. The Balaban J connectivity index is 2.27. The van der Waals surface area contributed by atoms with Gasteiger partial charge in [0.1, 0.15) is 5.69 Å². The first-order valence-electron chi connectivity index (χ1n) is 7.19. The van der Waals surface area contributed by atoms with Gasteiger partial charge in [0.25, 0.3) is 5.69 Å². The summed E-state index contributed by atoms with van der Waals surface area (Å²) in [5.41, 5.74) is 3.06. The minimum absolute atomic E-state index is 0.0248. The summed E-state index contributed by atoms with van der Waals surface area (Å²) in [7, 11) is 2.58. The predicted molar refractivity (Wildman–Crippen MR) is 90.5 cm³/mol. The lowest BCUT2D eigenvalue weighted by Gasteiger charge is -2.14. The van der Waals surface area contributed by atoms with Crippen molar-refractivity contribution in [2.45, 2.75) is 6.61 Å². The number of para-hydroxylation sites is 2. The minimum Gasteiger partial charge on any atom is -0.493 e. The summed E-state index contributed by atoms with van der Waals surface area (Å²) >= 11 is 0. The lowest BCUT2D eigenvalue weighted by molar-refractivity contribution is -0.384. The standard InChI is InChI=1S/C16H15F2N3O5/c1-24-13-7-10(8-14(25-2)15(13)26-16(17)18)9-19-20-11-5-3-4-6-12(11)21(22)23/h3-9,16,20H,1-2H3/b19-9-. The first kappa shape index (κ1) is 18.9. The number of benzene rings is 2. The average molecular weight is 367 g/mol. The number of anilines is 1. The van der Waals surface area contributed by atoms with Crippen LogP contribution in [0.1, 0.15) is 5.56 Å². The van der Waals surface area contributed by atoms with Crippen molar-refractivity contribution < 1.29 is 27.9 Å². The molecule has 0 unspecified atom stereocenters. The number of nitro groups is 1. The molecule has 0 saturated carbocycles. The molecule has 0 radical (unpaired) electrons. The fraction of sp³-hybridized carbons (Fsp3) is 0.188. The van der Waals surface area contributed by atoms with Crippen LogP contribution in [0.25, 0.3) is 0 Å². The van der Waals surface area contributed by atoms with Crippen LogP contribution < -0.4 is 19.6 Å². The number of nitrogens with zero attached hydrogens (tertiary/aromatic N) is 2. The van der Waals surface area contributed by atoms with Crippen LogP contribution >= 0.6 is 0 Å². The Hall–Kier alpha value is -3.43. The van der Waals surface area contributed by atoms with Gasteiger partial charge in [-0.15, -0.1) is 0 Å². The topological polar surface area (TPSA) is 95.2 Å². The minimum atomic E-state index is -3.04. The maximum Gasteiger partial charge on any atom is 0.387 e. The van der Waals surface area contributed by atoms with Crippen molar-refractivity contribution in [3.63, 3.8) is 0 Å². The number of rotatable bonds is 8.